The maximum atomic E-state index is 11.8. The first-order valence-electron chi connectivity index (χ1n) is 8.91. The summed E-state index contributed by atoms with van der Waals surface area (Å²) < 4.78 is 20.5. The van der Waals surface area contributed by atoms with Gasteiger partial charge in [0.1, 0.15) is 18.5 Å². The van der Waals surface area contributed by atoms with Crippen LogP contribution in [0.1, 0.15) is 13.3 Å². The van der Waals surface area contributed by atoms with E-state index in [1.165, 1.54) is 14.0 Å². The molecular weight excluding hydrogens is 382 g/mol. The number of carbonyl (C=O) groups is 2. The third-order valence-electron chi connectivity index (χ3n) is 4.22. The van der Waals surface area contributed by atoms with Crippen LogP contribution in [-0.2, 0) is 23.7 Å². The summed E-state index contributed by atoms with van der Waals surface area (Å²) in [7, 11) is 1.20. The highest BCUT2D eigenvalue weighted by Gasteiger charge is 2.39. The van der Waals surface area contributed by atoms with Gasteiger partial charge < -0.3 is 29.2 Å². The van der Waals surface area contributed by atoms with Crippen molar-refractivity contribution in [3.05, 3.63) is 47.0 Å². The third kappa shape index (κ3) is 5.32. The number of hydrogen-bond donors (Lipinski definition) is 2. The topological polar surface area (TPSA) is 129 Å². The molecular formula is C19H21N3O7. The lowest BCUT2D eigenvalue weighted by molar-refractivity contribution is -0.148. The molecule has 0 unspecified atom stereocenters. The van der Waals surface area contributed by atoms with E-state index < -0.39 is 36.3 Å². The van der Waals surface area contributed by atoms with Crippen molar-refractivity contribution >= 4 is 17.9 Å². The molecule has 1 fully saturated rings. The quantitative estimate of drug-likeness (QED) is 0.692. The molecule has 1 aliphatic rings. The standard InChI is InChI=1S/C19H21N3O7/c1-11(23)28-15-8-13(10-27-19(25)26-2)29-17(15)21-16-14(9-20-18(24)22-16)12-6-4-3-5-7-12/h3-7,9,13,15,17H,8,10H2,1-2H3,(H2,20,21,22,24)/t13-,15+,17+/m0/s1. The number of rotatable bonds is 6. The molecule has 1 aromatic heterocycles. The van der Waals surface area contributed by atoms with Crippen LogP contribution in [0, 0.1) is 0 Å². The summed E-state index contributed by atoms with van der Waals surface area (Å²) in [6, 6.07) is 9.33. The number of H-pyrrole nitrogens is 1. The lowest BCUT2D eigenvalue weighted by Gasteiger charge is -2.21. The van der Waals surface area contributed by atoms with Gasteiger partial charge >= 0.3 is 17.8 Å². The average Bonchev–Trinajstić information content (AvgIpc) is 3.07. The molecule has 10 heteroatoms. The Kier molecular flexibility index (Phi) is 6.45. The number of nitrogens with zero attached hydrogens (tertiary/aromatic N) is 1. The van der Waals surface area contributed by atoms with E-state index in [1.807, 2.05) is 30.3 Å². The van der Waals surface area contributed by atoms with Crippen molar-refractivity contribution in [3.63, 3.8) is 0 Å². The van der Waals surface area contributed by atoms with Crippen LogP contribution in [0.4, 0.5) is 10.6 Å². The number of nitrogens with one attached hydrogen (secondary N) is 2. The van der Waals surface area contributed by atoms with Crippen LogP contribution >= 0.6 is 0 Å². The van der Waals surface area contributed by atoms with Crippen LogP contribution in [0.5, 0.6) is 0 Å². The summed E-state index contributed by atoms with van der Waals surface area (Å²) in [6.07, 6.45) is -0.987. The summed E-state index contributed by atoms with van der Waals surface area (Å²) in [5.74, 6) is -0.210. The molecule has 154 valence electrons. The van der Waals surface area contributed by atoms with Crippen molar-refractivity contribution in [2.75, 3.05) is 19.0 Å². The number of aromatic amines is 1. The highest BCUT2D eigenvalue weighted by Crippen LogP contribution is 2.29. The van der Waals surface area contributed by atoms with Gasteiger partial charge in [0.25, 0.3) is 0 Å². The normalized spacial score (nSPS) is 20.7. The second-order valence-electron chi connectivity index (χ2n) is 6.31. The number of hydrogen-bond acceptors (Lipinski definition) is 9. The van der Waals surface area contributed by atoms with Gasteiger partial charge in [-0.1, -0.05) is 30.3 Å². The lowest BCUT2D eigenvalue weighted by atomic mass is 10.1. The van der Waals surface area contributed by atoms with Gasteiger partial charge in [-0.3, -0.25) is 4.79 Å². The van der Waals surface area contributed by atoms with E-state index in [4.69, 9.17) is 14.2 Å². The van der Waals surface area contributed by atoms with Crippen molar-refractivity contribution in [1.82, 2.24) is 9.97 Å². The van der Waals surface area contributed by atoms with Crippen molar-refractivity contribution in [3.8, 4) is 11.1 Å². The van der Waals surface area contributed by atoms with Gasteiger partial charge in [0, 0.05) is 25.1 Å². The van der Waals surface area contributed by atoms with Crippen molar-refractivity contribution in [2.24, 2.45) is 0 Å². The van der Waals surface area contributed by atoms with Gasteiger partial charge in [-0.05, 0) is 5.56 Å². The zero-order valence-corrected chi connectivity index (χ0v) is 15.9. The molecule has 1 saturated heterocycles. The molecule has 2 N–H and O–H groups in total. The van der Waals surface area contributed by atoms with E-state index in [0.717, 1.165) is 5.56 Å². The minimum absolute atomic E-state index is 0.0725. The SMILES string of the molecule is COC(=O)OC[C@@H]1C[C@@H](OC(C)=O)[C@H](Nc2nc(=O)[nH]cc2-c2ccccc2)O1. The molecule has 0 aliphatic carbocycles. The molecule has 0 saturated carbocycles. The smallest absolute Gasteiger partial charge is 0.458 e. The zero-order valence-electron chi connectivity index (χ0n) is 15.9. The van der Waals surface area contributed by atoms with E-state index in [-0.39, 0.29) is 18.8 Å². The largest absolute Gasteiger partial charge is 0.508 e. The van der Waals surface area contributed by atoms with Crippen LogP contribution in [0.25, 0.3) is 11.1 Å². The first-order chi connectivity index (χ1) is 14.0. The molecule has 0 bridgehead atoms. The van der Waals surface area contributed by atoms with Crippen molar-refractivity contribution < 1.29 is 28.5 Å². The fourth-order valence-electron chi connectivity index (χ4n) is 2.99. The Bertz CT molecular complexity index is 916. The van der Waals surface area contributed by atoms with Crippen LogP contribution in [-0.4, -0.2) is 54.2 Å². The van der Waals surface area contributed by atoms with Crippen LogP contribution in [0.15, 0.2) is 41.3 Å². The number of carbonyl (C=O) groups excluding carboxylic acids is 2. The first-order valence-corrected chi connectivity index (χ1v) is 8.91. The Morgan fingerprint density at radius 2 is 2.07 bits per heavy atom. The lowest BCUT2D eigenvalue weighted by Crippen LogP contribution is -2.34. The summed E-state index contributed by atoms with van der Waals surface area (Å²) in [4.78, 5) is 41.0. The fraction of sp³-hybridized carbons (Fsp3) is 0.368. The summed E-state index contributed by atoms with van der Waals surface area (Å²) in [6.45, 7) is 1.22. The van der Waals surface area contributed by atoms with Gasteiger partial charge in [-0.15, -0.1) is 0 Å². The van der Waals surface area contributed by atoms with E-state index in [9.17, 15) is 14.4 Å². The average molecular weight is 403 g/mol. The van der Waals surface area contributed by atoms with Crippen LogP contribution < -0.4 is 11.0 Å². The Morgan fingerprint density at radius 1 is 1.31 bits per heavy atom. The zero-order chi connectivity index (χ0) is 20.8. The highest BCUT2D eigenvalue weighted by molar-refractivity contribution is 5.74. The number of aromatic nitrogens is 2. The van der Waals surface area contributed by atoms with Crippen molar-refractivity contribution in [1.29, 1.82) is 0 Å². The van der Waals surface area contributed by atoms with E-state index >= 15 is 0 Å². The molecule has 2 aromatic rings. The minimum atomic E-state index is -0.836. The summed E-state index contributed by atoms with van der Waals surface area (Å²) >= 11 is 0. The van der Waals surface area contributed by atoms with Crippen molar-refractivity contribution in [2.45, 2.75) is 31.8 Å². The molecule has 1 aromatic carbocycles. The third-order valence-corrected chi connectivity index (χ3v) is 4.22. The van der Waals surface area contributed by atoms with E-state index in [1.54, 1.807) is 6.20 Å². The molecule has 0 amide bonds. The molecule has 0 spiro atoms. The monoisotopic (exact) mass is 403 g/mol. The minimum Gasteiger partial charge on any atom is -0.458 e. The molecule has 29 heavy (non-hydrogen) atoms. The van der Waals surface area contributed by atoms with E-state index in [0.29, 0.717) is 5.56 Å². The maximum absolute atomic E-state index is 11.8. The fourth-order valence-corrected chi connectivity index (χ4v) is 2.99. The number of benzene rings is 1. The number of esters is 1. The highest BCUT2D eigenvalue weighted by atomic mass is 16.7. The number of anilines is 1. The second kappa shape index (κ2) is 9.20. The van der Waals surface area contributed by atoms with Gasteiger partial charge in [-0.25, -0.2) is 9.59 Å². The van der Waals surface area contributed by atoms with Gasteiger partial charge in [0.15, 0.2) is 6.23 Å². The molecule has 3 atom stereocenters. The molecule has 0 radical (unpaired) electrons. The number of ether oxygens (including phenoxy) is 4. The summed E-state index contributed by atoms with van der Waals surface area (Å²) in [5.41, 5.74) is 0.927. The maximum Gasteiger partial charge on any atom is 0.508 e. The number of methoxy groups -OCH3 is 1. The summed E-state index contributed by atoms with van der Waals surface area (Å²) in [5, 5.41) is 3.03. The van der Waals surface area contributed by atoms with Gasteiger partial charge in [0.2, 0.25) is 0 Å². The molecule has 10 nitrogen and oxygen atoms in total. The second-order valence-corrected chi connectivity index (χ2v) is 6.31. The Hall–Kier alpha value is -3.40. The molecule has 1 aliphatic heterocycles. The van der Waals surface area contributed by atoms with Gasteiger partial charge in [0.05, 0.1) is 13.2 Å². The Morgan fingerprint density at radius 3 is 2.76 bits per heavy atom. The predicted molar refractivity (Wildman–Crippen MR) is 101 cm³/mol. The van der Waals surface area contributed by atoms with E-state index in [2.05, 4.69) is 20.0 Å². The van der Waals surface area contributed by atoms with Gasteiger partial charge in [-0.2, -0.15) is 4.98 Å². The first kappa shape index (κ1) is 20.3. The molecule has 2 heterocycles. The van der Waals surface area contributed by atoms with Crippen LogP contribution in [0.3, 0.4) is 0 Å². The molecule has 3 rings (SSSR count). The van der Waals surface area contributed by atoms with Crippen LogP contribution in [0.2, 0.25) is 0 Å². The predicted octanol–water partition coefficient (Wildman–Crippen LogP) is 1.68. The Balaban J connectivity index is 1.81. The Labute approximate surface area is 166 Å².